The molecule has 0 spiro atoms. The molecule has 1 unspecified atom stereocenters. The van der Waals surface area contributed by atoms with Crippen LogP contribution in [0.4, 0.5) is 0 Å². The predicted octanol–water partition coefficient (Wildman–Crippen LogP) is 4.13. The topological polar surface area (TPSA) is 67.4 Å². The third kappa shape index (κ3) is 8.81. The highest BCUT2D eigenvalue weighted by Gasteiger charge is 2.08. The highest BCUT2D eigenvalue weighted by Crippen LogP contribution is 2.11. The van der Waals surface area contributed by atoms with Gasteiger partial charge in [-0.1, -0.05) is 33.1 Å². The highest BCUT2D eigenvalue weighted by atomic mass is 127. The molecule has 0 fully saturated rings. The lowest BCUT2D eigenvalue weighted by Gasteiger charge is -2.18. The third-order valence-electron chi connectivity index (χ3n) is 4.67. The molecule has 0 radical (unpaired) electrons. The number of aryl methyl sites for hydroxylation is 1. The fourth-order valence-electron chi connectivity index (χ4n) is 2.83. The van der Waals surface area contributed by atoms with Crippen LogP contribution in [0.3, 0.4) is 0 Å². The van der Waals surface area contributed by atoms with E-state index in [4.69, 9.17) is 9.41 Å². The zero-order valence-electron chi connectivity index (χ0n) is 16.8. The molecular weight excluding hydrogens is 453 g/mol. The second-order valence-corrected chi connectivity index (χ2v) is 6.66. The molecule has 0 amide bonds. The fourth-order valence-corrected chi connectivity index (χ4v) is 2.83. The number of nitrogens with zero attached hydrogens (tertiary/aromatic N) is 3. The van der Waals surface area contributed by atoms with E-state index in [1.165, 1.54) is 25.7 Å². The summed E-state index contributed by atoms with van der Waals surface area (Å²) in [4.78, 5) is 4.74. The molecule has 0 aromatic carbocycles. The molecule has 1 atom stereocenters. The van der Waals surface area contributed by atoms with Gasteiger partial charge in [-0.05, 0) is 30.5 Å². The number of aliphatic imine (C=N–C) groups is 1. The maximum atomic E-state index is 5.40. The van der Waals surface area contributed by atoms with Gasteiger partial charge in [0, 0.05) is 32.8 Å². The Hall–Kier alpha value is -1.51. The number of guanidine groups is 1. The lowest BCUT2D eigenvalue weighted by molar-refractivity contribution is 0.443. The summed E-state index contributed by atoms with van der Waals surface area (Å²) in [5, 5.41) is 11.2. The van der Waals surface area contributed by atoms with Crippen molar-refractivity contribution < 1.29 is 4.42 Å². The van der Waals surface area contributed by atoms with E-state index in [2.05, 4.69) is 29.6 Å². The Labute approximate surface area is 180 Å². The number of hydrogen-bond donors (Lipinski definition) is 2. The van der Waals surface area contributed by atoms with Crippen molar-refractivity contribution in [3.63, 3.8) is 0 Å². The lowest BCUT2D eigenvalue weighted by Crippen LogP contribution is -2.40. The average molecular weight is 487 g/mol. The van der Waals surface area contributed by atoms with E-state index in [0.717, 1.165) is 36.9 Å². The largest absolute Gasteiger partial charge is 0.469 e. The molecule has 152 valence electrons. The molecule has 0 aliphatic heterocycles. The number of unbranched alkanes of at least 4 members (excludes halogenated alkanes) is 1. The summed E-state index contributed by atoms with van der Waals surface area (Å²) in [6, 6.07) is 5.92. The molecule has 2 N–H and O–H groups in total. The smallest absolute Gasteiger partial charge is 0.191 e. The summed E-state index contributed by atoms with van der Waals surface area (Å²) in [6.45, 7) is 6.86. The van der Waals surface area contributed by atoms with Gasteiger partial charge in [0.15, 0.2) is 5.96 Å². The van der Waals surface area contributed by atoms with Crippen molar-refractivity contribution in [2.75, 3.05) is 13.1 Å². The summed E-state index contributed by atoms with van der Waals surface area (Å²) in [6.07, 6.45) is 9.35. The Morgan fingerprint density at radius 3 is 2.78 bits per heavy atom. The molecule has 7 heteroatoms. The van der Waals surface area contributed by atoms with Gasteiger partial charge in [0.05, 0.1) is 18.5 Å². The van der Waals surface area contributed by atoms with Crippen LogP contribution in [0.1, 0.15) is 51.0 Å². The minimum atomic E-state index is 0. The van der Waals surface area contributed by atoms with E-state index in [0.29, 0.717) is 12.5 Å². The maximum Gasteiger partial charge on any atom is 0.191 e. The summed E-state index contributed by atoms with van der Waals surface area (Å²) in [7, 11) is 1.94. The fraction of sp³-hybridized carbons (Fsp3) is 0.600. The van der Waals surface area contributed by atoms with Crippen LogP contribution >= 0.6 is 24.0 Å². The molecule has 0 aliphatic rings. The Morgan fingerprint density at radius 2 is 2.15 bits per heavy atom. The summed E-state index contributed by atoms with van der Waals surface area (Å²) >= 11 is 0. The quantitative estimate of drug-likeness (QED) is 0.284. The van der Waals surface area contributed by atoms with Gasteiger partial charge < -0.3 is 15.1 Å². The number of aromatic nitrogens is 2. The first kappa shape index (κ1) is 23.5. The first-order valence-electron chi connectivity index (χ1n) is 9.74. The number of halogens is 1. The number of furan rings is 1. The zero-order valence-corrected chi connectivity index (χ0v) is 19.1. The van der Waals surface area contributed by atoms with Crippen LogP contribution in [0.25, 0.3) is 0 Å². The van der Waals surface area contributed by atoms with E-state index in [9.17, 15) is 0 Å². The minimum Gasteiger partial charge on any atom is -0.469 e. The van der Waals surface area contributed by atoms with Gasteiger partial charge in [-0.3, -0.25) is 4.68 Å². The number of nitrogens with one attached hydrogen (secondary N) is 2. The summed E-state index contributed by atoms with van der Waals surface area (Å²) < 4.78 is 7.26. The molecule has 6 nitrogen and oxygen atoms in total. The van der Waals surface area contributed by atoms with Crippen molar-refractivity contribution in [1.82, 2.24) is 20.4 Å². The summed E-state index contributed by atoms with van der Waals surface area (Å²) in [5.74, 6) is 2.52. The zero-order chi connectivity index (χ0) is 18.6. The molecular formula is C20H34IN5O. The molecule has 27 heavy (non-hydrogen) atoms. The first-order chi connectivity index (χ1) is 12.7. The normalized spacial score (nSPS) is 12.5. The maximum absolute atomic E-state index is 5.40. The van der Waals surface area contributed by atoms with Crippen LogP contribution < -0.4 is 10.6 Å². The van der Waals surface area contributed by atoms with E-state index in [1.54, 1.807) is 12.5 Å². The van der Waals surface area contributed by atoms with E-state index >= 15 is 0 Å². The molecule has 0 saturated heterocycles. The number of rotatable bonds is 11. The van der Waals surface area contributed by atoms with E-state index in [-0.39, 0.29) is 24.0 Å². The van der Waals surface area contributed by atoms with Crippen LogP contribution in [-0.2, 0) is 20.0 Å². The SMILES string of the molecule is CCCCC(CC)CNC(=NCc1ccnn1C)NCCc1ccco1.I. The molecule has 2 aromatic rings. The molecule has 0 bridgehead atoms. The third-order valence-corrected chi connectivity index (χ3v) is 4.67. The van der Waals surface area contributed by atoms with Crippen LogP contribution in [-0.4, -0.2) is 28.8 Å². The van der Waals surface area contributed by atoms with Crippen LogP contribution in [0, 0.1) is 5.92 Å². The van der Waals surface area contributed by atoms with Crippen molar-refractivity contribution in [2.24, 2.45) is 18.0 Å². The van der Waals surface area contributed by atoms with Gasteiger partial charge in [0.25, 0.3) is 0 Å². The van der Waals surface area contributed by atoms with Gasteiger partial charge in [0.2, 0.25) is 0 Å². The molecule has 2 rings (SSSR count). The van der Waals surface area contributed by atoms with Gasteiger partial charge in [0.1, 0.15) is 5.76 Å². The predicted molar refractivity (Wildman–Crippen MR) is 121 cm³/mol. The van der Waals surface area contributed by atoms with Crippen LogP contribution in [0.5, 0.6) is 0 Å². The minimum absolute atomic E-state index is 0. The Kier molecular flexibility index (Phi) is 11.9. The van der Waals surface area contributed by atoms with Crippen molar-refractivity contribution in [3.05, 3.63) is 42.1 Å². The lowest BCUT2D eigenvalue weighted by atomic mass is 9.99. The second-order valence-electron chi connectivity index (χ2n) is 6.66. The Bertz CT molecular complexity index is 639. The van der Waals surface area contributed by atoms with Gasteiger partial charge in [-0.15, -0.1) is 24.0 Å². The Morgan fingerprint density at radius 1 is 1.30 bits per heavy atom. The van der Waals surface area contributed by atoms with Crippen molar-refractivity contribution in [2.45, 2.75) is 52.5 Å². The van der Waals surface area contributed by atoms with Crippen molar-refractivity contribution >= 4 is 29.9 Å². The standard InChI is InChI=1S/C20H33N5O.HI/c1-4-6-8-17(5-2)15-22-20(21-12-11-19-9-7-14-26-19)23-16-18-10-13-24-25(18)3;/h7,9-10,13-14,17H,4-6,8,11-12,15-16H2,1-3H3,(H2,21,22,23);1H. The van der Waals surface area contributed by atoms with Crippen LogP contribution in [0.15, 0.2) is 40.1 Å². The second kappa shape index (κ2) is 13.6. The number of hydrogen-bond acceptors (Lipinski definition) is 3. The monoisotopic (exact) mass is 487 g/mol. The van der Waals surface area contributed by atoms with Crippen molar-refractivity contribution in [3.8, 4) is 0 Å². The Balaban J connectivity index is 0.00000364. The van der Waals surface area contributed by atoms with Crippen molar-refractivity contribution in [1.29, 1.82) is 0 Å². The molecule has 2 aromatic heterocycles. The van der Waals surface area contributed by atoms with E-state index in [1.807, 2.05) is 29.9 Å². The first-order valence-corrected chi connectivity index (χ1v) is 9.74. The molecule has 0 aliphatic carbocycles. The van der Waals surface area contributed by atoms with Crippen LogP contribution in [0.2, 0.25) is 0 Å². The molecule has 0 saturated carbocycles. The summed E-state index contributed by atoms with van der Waals surface area (Å²) in [5.41, 5.74) is 1.09. The van der Waals surface area contributed by atoms with Gasteiger partial charge in [-0.25, -0.2) is 4.99 Å². The highest BCUT2D eigenvalue weighted by molar-refractivity contribution is 14.0. The average Bonchev–Trinajstić information content (AvgIpc) is 3.31. The van der Waals surface area contributed by atoms with Gasteiger partial charge in [-0.2, -0.15) is 5.10 Å². The van der Waals surface area contributed by atoms with E-state index < -0.39 is 0 Å². The van der Waals surface area contributed by atoms with Gasteiger partial charge >= 0.3 is 0 Å². The molecule has 2 heterocycles.